The summed E-state index contributed by atoms with van der Waals surface area (Å²) in [6.45, 7) is 22.1. The molecule has 1 atom stereocenters. The second kappa shape index (κ2) is 6.25. The van der Waals surface area contributed by atoms with Crippen LogP contribution < -0.4 is 0 Å². The first kappa shape index (κ1) is 19.7. The van der Waals surface area contributed by atoms with Crippen LogP contribution in [0.25, 0.3) is 0 Å². The predicted octanol–water partition coefficient (Wildman–Crippen LogP) is 2.95. The van der Waals surface area contributed by atoms with Gasteiger partial charge in [0.25, 0.3) is 0 Å². The van der Waals surface area contributed by atoms with E-state index < -0.39 is 30.4 Å². The van der Waals surface area contributed by atoms with E-state index in [0.717, 1.165) is 10.2 Å². The van der Waals surface area contributed by atoms with Gasteiger partial charge in [-0.25, -0.2) is 0 Å². The molecule has 0 fully saturated rings. The third-order valence-electron chi connectivity index (χ3n) is 2.29. The average Bonchev–Trinajstić information content (AvgIpc) is 1.91. The van der Waals surface area contributed by atoms with Crippen molar-refractivity contribution in [3.8, 4) is 0 Å². The number of rotatable bonds is 7. The summed E-state index contributed by atoms with van der Waals surface area (Å²) < 4.78 is 19.1. The van der Waals surface area contributed by atoms with Gasteiger partial charge in [0.2, 0.25) is 0 Å². The molecule has 0 bridgehead atoms. The number of hydrogen-bond donors (Lipinski definition) is 0. The van der Waals surface area contributed by atoms with E-state index in [0.29, 0.717) is 0 Å². The molecule has 0 aromatic heterocycles. The normalized spacial score (nSPS) is 16.7. The molecule has 0 aliphatic rings. The minimum absolute atomic E-state index is 0.0179. The lowest BCUT2D eigenvalue weighted by molar-refractivity contribution is -0.121. The molecule has 0 saturated carbocycles. The molecule has 7 heteroatoms. The van der Waals surface area contributed by atoms with E-state index >= 15 is 0 Å². The zero-order chi connectivity index (χ0) is 15.7. The fourth-order valence-corrected chi connectivity index (χ4v) is 10.3. The SMILES string of the molecule is CC(O[Si](C)(C)C)C([SiH3])(O[Si](C)(C)C)O[Si](C)(C)C. The van der Waals surface area contributed by atoms with Crippen LogP contribution in [0.5, 0.6) is 0 Å². The van der Waals surface area contributed by atoms with Gasteiger partial charge in [-0.3, -0.25) is 0 Å². The van der Waals surface area contributed by atoms with E-state index in [1.165, 1.54) is 0 Å². The van der Waals surface area contributed by atoms with Crippen molar-refractivity contribution in [1.29, 1.82) is 0 Å². The summed E-state index contributed by atoms with van der Waals surface area (Å²) in [4.78, 5) is 0. The minimum Gasteiger partial charge on any atom is -0.410 e. The highest BCUT2D eigenvalue weighted by atomic mass is 28.4. The quantitative estimate of drug-likeness (QED) is 0.527. The molecule has 0 spiro atoms. The van der Waals surface area contributed by atoms with Gasteiger partial charge in [-0.05, 0) is 65.8 Å². The smallest absolute Gasteiger partial charge is 0.187 e. The molecule has 0 heterocycles. The summed E-state index contributed by atoms with van der Waals surface area (Å²) in [6, 6.07) is 0. The van der Waals surface area contributed by atoms with Crippen LogP contribution in [0.15, 0.2) is 0 Å². The van der Waals surface area contributed by atoms with Crippen LogP contribution in [0.4, 0.5) is 0 Å². The van der Waals surface area contributed by atoms with Gasteiger partial charge in [-0.15, -0.1) is 0 Å². The Morgan fingerprint density at radius 3 is 1.26 bits per heavy atom. The van der Waals surface area contributed by atoms with Crippen LogP contribution in [0.1, 0.15) is 6.92 Å². The Bertz CT molecular complexity index is 273. The zero-order valence-electron chi connectivity index (χ0n) is 14.8. The molecule has 0 saturated heterocycles. The molecule has 0 aromatic carbocycles. The van der Waals surface area contributed by atoms with Crippen molar-refractivity contribution in [2.75, 3.05) is 0 Å². The number of hydrogen-bond acceptors (Lipinski definition) is 3. The van der Waals surface area contributed by atoms with Crippen molar-refractivity contribution in [1.82, 2.24) is 0 Å². The lowest BCUT2D eigenvalue weighted by Gasteiger charge is -2.45. The molecule has 3 nitrogen and oxygen atoms in total. The van der Waals surface area contributed by atoms with Crippen LogP contribution in [0.3, 0.4) is 0 Å². The van der Waals surface area contributed by atoms with Gasteiger partial charge < -0.3 is 13.3 Å². The van der Waals surface area contributed by atoms with Crippen LogP contribution in [0, 0.1) is 0 Å². The van der Waals surface area contributed by atoms with Crippen LogP contribution >= 0.6 is 0 Å². The first-order chi connectivity index (χ1) is 8.04. The van der Waals surface area contributed by atoms with Gasteiger partial charge >= 0.3 is 0 Å². The second-order valence-electron chi connectivity index (χ2n) is 8.32. The Morgan fingerprint density at radius 1 is 0.737 bits per heavy atom. The van der Waals surface area contributed by atoms with E-state index in [-0.39, 0.29) is 6.10 Å². The van der Waals surface area contributed by atoms with Crippen LogP contribution in [0.2, 0.25) is 58.9 Å². The van der Waals surface area contributed by atoms with E-state index in [1.54, 1.807) is 0 Å². The first-order valence-corrected chi connectivity index (χ1v) is 18.3. The highest BCUT2D eigenvalue weighted by molar-refractivity contribution is 6.72. The van der Waals surface area contributed by atoms with E-state index in [4.69, 9.17) is 13.3 Å². The lowest BCUT2D eigenvalue weighted by Crippen LogP contribution is -2.59. The van der Waals surface area contributed by atoms with Crippen LogP contribution in [-0.4, -0.2) is 46.7 Å². The minimum atomic E-state index is -1.66. The second-order valence-corrected chi connectivity index (χ2v) is 23.0. The summed E-state index contributed by atoms with van der Waals surface area (Å²) in [5, 5.41) is 0. The van der Waals surface area contributed by atoms with Crippen LogP contribution in [-0.2, 0) is 13.3 Å². The third-order valence-corrected chi connectivity index (χ3v) is 7.42. The van der Waals surface area contributed by atoms with E-state index in [2.05, 4.69) is 65.8 Å². The molecule has 116 valence electrons. The summed E-state index contributed by atoms with van der Waals surface area (Å²) >= 11 is 0. The summed E-state index contributed by atoms with van der Waals surface area (Å²) in [5.41, 5.74) is -0.491. The highest BCUT2D eigenvalue weighted by Crippen LogP contribution is 2.28. The van der Waals surface area contributed by atoms with Gasteiger partial charge in [-0.2, -0.15) is 0 Å². The molecule has 0 N–H and O–H groups in total. The molecule has 19 heavy (non-hydrogen) atoms. The molecular weight excluding hydrogens is 304 g/mol. The Labute approximate surface area is 126 Å². The van der Waals surface area contributed by atoms with Gasteiger partial charge in [0, 0.05) is 0 Å². The van der Waals surface area contributed by atoms with Gasteiger partial charge in [0.15, 0.2) is 25.0 Å². The fourth-order valence-electron chi connectivity index (χ4n) is 2.04. The Hall–Kier alpha value is 0.748. The Balaban J connectivity index is 5.15. The summed E-state index contributed by atoms with van der Waals surface area (Å²) in [5.74, 6) is 0. The van der Waals surface area contributed by atoms with Crippen molar-refractivity contribution >= 4 is 35.2 Å². The maximum atomic E-state index is 6.42. The van der Waals surface area contributed by atoms with Crippen molar-refractivity contribution in [2.45, 2.75) is 77.4 Å². The topological polar surface area (TPSA) is 27.7 Å². The predicted molar refractivity (Wildman–Crippen MR) is 95.4 cm³/mol. The van der Waals surface area contributed by atoms with Crippen molar-refractivity contribution in [3.05, 3.63) is 0 Å². The summed E-state index contributed by atoms with van der Waals surface area (Å²) in [7, 11) is -4.08. The standard InChI is InChI=1S/C12H34O3Si4/c1-11(13-17(2,3)4)12(16,14-18(5,6)7)15-19(8,9)10/h11H,1-10,16H3. The maximum absolute atomic E-state index is 6.42. The molecule has 1 unspecified atom stereocenters. The Morgan fingerprint density at radius 2 is 1.05 bits per heavy atom. The van der Waals surface area contributed by atoms with E-state index in [1.807, 2.05) is 0 Å². The van der Waals surface area contributed by atoms with Gasteiger partial charge in [0.1, 0.15) is 5.41 Å². The van der Waals surface area contributed by atoms with Crippen molar-refractivity contribution in [2.24, 2.45) is 0 Å². The first-order valence-electron chi connectivity index (χ1n) is 7.12. The fraction of sp³-hybridized carbons (Fsp3) is 1.00. The molecule has 0 rings (SSSR count). The third kappa shape index (κ3) is 9.32. The van der Waals surface area contributed by atoms with Crippen molar-refractivity contribution < 1.29 is 13.3 Å². The van der Waals surface area contributed by atoms with E-state index in [9.17, 15) is 0 Å². The zero-order valence-corrected chi connectivity index (χ0v) is 19.8. The average molecular weight is 339 g/mol. The van der Waals surface area contributed by atoms with Crippen molar-refractivity contribution in [3.63, 3.8) is 0 Å². The molecule has 0 aliphatic carbocycles. The van der Waals surface area contributed by atoms with Gasteiger partial charge in [0.05, 0.1) is 16.3 Å². The monoisotopic (exact) mass is 338 g/mol. The Kier molecular flexibility index (Phi) is 6.49. The molecular formula is C12H34O3Si4. The molecule has 0 aliphatic heterocycles. The molecule has 0 aromatic rings. The highest BCUT2D eigenvalue weighted by Gasteiger charge is 2.42. The lowest BCUT2D eigenvalue weighted by atomic mass is 10.4. The summed E-state index contributed by atoms with van der Waals surface area (Å²) in [6.07, 6.45) is 0.0179. The van der Waals surface area contributed by atoms with Gasteiger partial charge in [-0.1, -0.05) is 0 Å². The molecule has 0 radical (unpaired) electrons. The molecule has 0 amide bonds. The maximum Gasteiger partial charge on any atom is 0.187 e. The largest absolute Gasteiger partial charge is 0.410 e.